The van der Waals surface area contributed by atoms with Crippen LogP contribution in [0.3, 0.4) is 0 Å². The fourth-order valence-electron chi connectivity index (χ4n) is 1.64. The molecule has 0 radical (unpaired) electrons. The number of amides is 1. The largest absolute Gasteiger partial charge is 0.385 e. The summed E-state index contributed by atoms with van der Waals surface area (Å²) in [5.74, 6) is -1.03. The minimum absolute atomic E-state index is 0.205. The number of aldehydes is 1. The Morgan fingerprint density at radius 2 is 2.22 bits per heavy atom. The number of hydrogen-bond acceptors (Lipinski definition) is 5. The number of H-pyrrole nitrogens is 1. The summed E-state index contributed by atoms with van der Waals surface area (Å²) in [6, 6.07) is 1.47. The van der Waals surface area contributed by atoms with E-state index >= 15 is 0 Å². The third-order valence-corrected chi connectivity index (χ3v) is 2.64. The van der Waals surface area contributed by atoms with E-state index in [2.05, 4.69) is 9.97 Å². The topological polar surface area (TPSA) is 129 Å². The highest BCUT2D eigenvalue weighted by Gasteiger charge is 2.24. The van der Waals surface area contributed by atoms with Gasteiger partial charge in [-0.25, -0.2) is 4.98 Å². The SMILES string of the molecule is NC(=O)C(O)C(O)c1cnc2[nH]cc(C=O)c2c1. The van der Waals surface area contributed by atoms with E-state index in [-0.39, 0.29) is 5.56 Å². The van der Waals surface area contributed by atoms with Gasteiger partial charge in [0.25, 0.3) is 0 Å². The fourth-order valence-corrected chi connectivity index (χ4v) is 1.64. The Balaban J connectivity index is 2.45. The van der Waals surface area contributed by atoms with Gasteiger partial charge < -0.3 is 20.9 Å². The maximum Gasteiger partial charge on any atom is 0.249 e. The molecule has 2 rings (SSSR count). The summed E-state index contributed by atoms with van der Waals surface area (Å²) in [4.78, 5) is 28.3. The number of hydrogen-bond donors (Lipinski definition) is 4. The predicted molar refractivity (Wildman–Crippen MR) is 61.6 cm³/mol. The van der Waals surface area contributed by atoms with Crippen LogP contribution in [-0.4, -0.2) is 38.5 Å². The third kappa shape index (κ3) is 1.96. The van der Waals surface area contributed by atoms with Crippen molar-refractivity contribution in [2.75, 3.05) is 0 Å². The van der Waals surface area contributed by atoms with Crippen molar-refractivity contribution in [2.45, 2.75) is 12.2 Å². The Hall–Kier alpha value is -2.25. The molecule has 0 spiro atoms. The van der Waals surface area contributed by atoms with E-state index < -0.39 is 18.1 Å². The summed E-state index contributed by atoms with van der Waals surface area (Å²) in [5.41, 5.74) is 5.95. The van der Waals surface area contributed by atoms with Crippen molar-refractivity contribution >= 4 is 23.2 Å². The fraction of sp³-hybridized carbons (Fsp3) is 0.182. The first kappa shape index (κ1) is 12.2. The molecule has 0 aliphatic heterocycles. The van der Waals surface area contributed by atoms with Crippen LogP contribution in [0.5, 0.6) is 0 Å². The first-order chi connectivity index (χ1) is 8.54. The molecule has 0 aromatic carbocycles. The first-order valence-electron chi connectivity index (χ1n) is 5.12. The summed E-state index contributed by atoms with van der Waals surface area (Å²) < 4.78 is 0. The zero-order valence-electron chi connectivity index (χ0n) is 9.20. The molecule has 2 atom stereocenters. The highest BCUT2D eigenvalue weighted by atomic mass is 16.3. The van der Waals surface area contributed by atoms with Gasteiger partial charge in [0.15, 0.2) is 12.4 Å². The van der Waals surface area contributed by atoms with Gasteiger partial charge in [0, 0.05) is 28.9 Å². The number of carbonyl (C=O) groups excluding carboxylic acids is 2. The molecule has 18 heavy (non-hydrogen) atoms. The lowest BCUT2D eigenvalue weighted by molar-refractivity contribution is -0.131. The molecule has 0 saturated carbocycles. The van der Waals surface area contributed by atoms with Crippen molar-refractivity contribution in [3.8, 4) is 0 Å². The van der Waals surface area contributed by atoms with Gasteiger partial charge in [-0.3, -0.25) is 9.59 Å². The molecule has 0 bridgehead atoms. The molecule has 0 aliphatic rings. The molecule has 7 nitrogen and oxygen atoms in total. The van der Waals surface area contributed by atoms with Gasteiger partial charge in [0.1, 0.15) is 11.8 Å². The van der Waals surface area contributed by atoms with Crippen molar-refractivity contribution in [1.82, 2.24) is 9.97 Å². The molecule has 94 valence electrons. The lowest BCUT2D eigenvalue weighted by atomic mass is 10.0. The summed E-state index contributed by atoms with van der Waals surface area (Å²) >= 11 is 0. The molecular formula is C11H11N3O4. The van der Waals surface area contributed by atoms with Gasteiger partial charge in [-0.2, -0.15) is 0 Å². The zero-order valence-corrected chi connectivity index (χ0v) is 9.20. The summed E-state index contributed by atoms with van der Waals surface area (Å²) in [6.07, 6.45) is 0.216. The van der Waals surface area contributed by atoms with Crippen molar-refractivity contribution in [2.24, 2.45) is 5.73 Å². The van der Waals surface area contributed by atoms with Gasteiger partial charge in [-0.05, 0) is 6.07 Å². The van der Waals surface area contributed by atoms with Gasteiger partial charge in [-0.1, -0.05) is 0 Å². The maximum atomic E-state index is 10.8. The van der Waals surface area contributed by atoms with Crippen molar-refractivity contribution in [3.63, 3.8) is 0 Å². The standard InChI is InChI=1S/C11H11N3O4/c12-10(18)9(17)8(16)5-1-7-6(4-15)3-14-11(7)13-2-5/h1-4,8-9,16-17H,(H2,12,18)(H,13,14). The maximum absolute atomic E-state index is 10.8. The van der Waals surface area contributed by atoms with Gasteiger partial charge in [0.2, 0.25) is 5.91 Å². The number of carbonyl (C=O) groups is 2. The zero-order chi connectivity index (χ0) is 13.3. The van der Waals surface area contributed by atoms with Crippen molar-refractivity contribution in [3.05, 3.63) is 29.6 Å². The van der Waals surface area contributed by atoms with Gasteiger partial charge >= 0.3 is 0 Å². The van der Waals surface area contributed by atoms with Crippen LogP contribution in [0.15, 0.2) is 18.5 Å². The van der Waals surface area contributed by atoms with E-state index in [1.807, 2.05) is 0 Å². The lowest BCUT2D eigenvalue weighted by Crippen LogP contribution is -2.33. The first-order valence-corrected chi connectivity index (χ1v) is 5.12. The Labute approximate surface area is 101 Å². The monoisotopic (exact) mass is 249 g/mol. The van der Waals surface area contributed by atoms with Crippen LogP contribution < -0.4 is 5.73 Å². The van der Waals surface area contributed by atoms with E-state index in [1.165, 1.54) is 18.5 Å². The molecule has 2 aromatic heterocycles. The average Bonchev–Trinajstić information content (AvgIpc) is 2.78. The summed E-state index contributed by atoms with van der Waals surface area (Å²) in [6.45, 7) is 0. The van der Waals surface area contributed by atoms with E-state index in [4.69, 9.17) is 5.73 Å². The van der Waals surface area contributed by atoms with E-state index in [0.717, 1.165) is 0 Å². The molecule has 2 aromatic rings. The average molecular weight is 249 g/mol. The summed E-state index contributed by atoms with van der Waals surface area (Å²) in [5, 5.41) is 19.6. The van der Waals surface area contributed by atoms with Gasteiger partial charge in [-0.15, -0.1) is 0 Å². The smallest absolute Gasteiger partial charge is 0.249 e. The number of nitrogens with zero attached hydrogens (tertiary/aromatic N) is 1. The quantitative estimate of drug-likeness (QED) is 0.530. The second-order valence-electron chi connectivity index (χ2n) is 3.82. The van der Waals surface area contributed by atoms with Crippen LogP contribution in [0.25, 0.3) is 11.0 Å². The normalized spacial score (nSPS) is 14.3. The molecule has 0 fully saturated rings. The Morgan fingerprint density at radius 1 is 1.50 bits per heavy atom. The molecule has 1 amide bonds. The van der Waals surface area contributed by atoms with E-state index in [9.17, 15) is 19.8 Å². The van der Waals surface area contributed by atoms with Crippen molar-refractivity contribution in [1.29, 1.82) is 0 Å². The third-order valence-electron chi connectivity index (χ3n) is 2.64. The molecule has 0 saturated heterocycles. The van der Waals surface area contributed by atoms with Crippen LogP contribution in [0.1, 0.15) is 22.0 Å². The Bertz CT molecular complexity index is 607. The number of aromatic nitrogens is 2. The highest BCUT2D eigenvalue weighted by Crippen LogP contribution is 2.22. The molecular weight excluding hydrogens is 238 g/mol. The van der Waals surface area contributed by atoms with Gasteiger partial charge in [0.05, 0.1) is 0 Å². The Morgan fingerprint density at radius 3 is 2.83 bits per heavy atom. The van der Waals surface area contributed by atoms with Crippen LogP contribution in [0, 0.1) is 0 Å². The number of pyridine rings is 1. The number of aromatic amines is 1. The molecule has 7 heteroatoms. The van der Waals surface area contributed by atoms with Crippen LogP contribution in [0.2, 0.25) is 0 Å². The highest BCUT2D eigenvalue weighted by molar-refractivity contribution is 5.95. The van der Waals surface area contributed by atoms with E-state index in [0.29, 0.717) is 22.9 Å². The van der Waals surface area contributed by atoms with Crippen LogP contribution in [0.4, 0.5) is 0 Å². The number of rotatable bonds is 4. The minimum Gasteiger partial charge on any atom is -0.385 e. The number of fused-ring (bicyclic) bond motifs is 1. The minimum atomic E-state index is -1.72. The van der Waals surface area contributed by atoms with Crippen molar-refractivity contribution < 1.29 is 19.8 Å². The number of aliphatic hydroxyl groups excluding tert-OH is 2. The lowest BCUT2D eigenvalue weighted by Gasteiger charge is -2.14. The summed E-state index contributed by atoms with van der Waals surface area (Å²) in [7, 11) is 0. The molecule has 0 aliphatic carbocycles. The predicted octanol–water partition coefficient (Wildman–Crippen LogP) is -0.745. The Kier molecular flexibility index (Phi) is 3.09. The van der Waals surface area contributed by atoms with Crippen LogP contribution in [-0.2, 0) is 4.79 Å². The number of nitrogens with two attached hydrogens (primary N) is 1. The van der Waals surface area contributed by atoms with E-state index in [1.54, 1.807) is 0 Å². The number of nitrogens with one attached hydrogen (secondary N) is 1. The molecule has 2 heterocycles. The molecule has 5 N–H and O–H groups in total. The second kappa shape index (κ2) is 4.55. The number of aliphatic hydroxyl groups is 2. The second-order valence-corrected chi connectivity index (χ2v) is 3.82. The number of primary amides is 1. The van der Waals surface area contributed by atoms with Crippen LogP contribution >= 0.6 is 0 Å². The molecule has 2 unspecified atom stereocenters.